The fourth-order valence-electron chi connectivity index (χ4n) is 4.72. The predicted octanol–water partition coefficient (Wildman–Crippen LogP) is 2.97. The van der Waals surface area contributed by atoms with Gasteiger partial charge in [0.05, 0.1) is 28.4 Å². The number of methoxy groups -OCH3 is 4. The molecular weight excluding hydrogens is 436 g/mol. The van der Waals surface area contributed by atoms with Gasteiger partial charge in [-0.1, -0.05) is 0 Å². The van der Waals surface area contributed by atoms with Crippen molar-refractivity contribution in [3.8, 4) is 23.0 Å². The van der Waals surface area contributed by atoms with Crippen molar-refractivity contribution in [3.63, 3.8) is 0 Å². The molecule has 2 aromatic rings. The number of benzene rings is 2. The van der Waals surface area contributed by atoms with Gasteiger partial charge in [0.25, 0.3) is 0 Å². The van der Waals surface area contributed by atoms with Crippen molar-refractivity contribution < 1.29 is 28.5 Å². The Labute approximate surface area is 200 Å². The molecule has 34 heavy (non-hydrogen) atoms. The maximum atomic E-state index is 12.9. The molecule has 0 aliphatic carbocycles. The molecule has 0 atom stereocenters. The number of rotatable bonds is 7. The van der Waals surface area contributed by atoms with Gasteiger partial charge in [-0.05, 0) is 59.4 Å². The van der Waals surface area contributed by atoms with E-state index in [0.717, 1.165) is 35.1 Å². The molecule has 0 aromatic heterocycles. The number of fused-ring (bicyclic) bond motifs is 2. The molecule has 2 aromatic carbocycles. The maximum absolute atomic E-state index is 12.9. The minimum Gasteiger partial charge on any atom is -0.493 e. The minimum absolute atomic E-state index is 0.00222. The van der Waals surface area contributed by atoms with E-state index in [-0.39, 0.29) is 24.7 Å². The molecule has 182 valence electrons. The Morgan fingerprint density at radius 1 is 0.618 bits per heavy atom. The lowest BCUT2D eigenvalue weighted by Crippen LogP contribution is -2.38. The Balaban J connectivity index is 1.34. The zero-order valence-corrected chi connectivity index (χ0v) is 20.3. The standard InChI is InChI=1S/C26H32N2O6/c1-31-21-11-17-7-9-27(15-19(17)13-23(21)33-3)25(29)5-6-26(30)28-10-8-18-12-22(32-2)24(34-4)14-20(18)16-28/h11-14H,5-10,15-16H2,1-4H3. The van der Waals surface area contributed by atoms with E-state index in [1.807, 2.05) is 34.1 Å². The summed E-state index contributed by atoms with van der Waals surface area (Å²) in [6, 6.07) is 7.84. The van der Waals surface area contributed by atoms with Gasteiger partial charge in [0, 0.05) is 39.0 Å². The van der Waals surface area contributed by atoms with Crippen molar-refractivity contribution in [2.24, 2.45) is 0 Å². The number of amides is 2. The monoisotopic (exact) mass is 468 g/mol. The molecule has 0 spiro atoms. The lowest BCUT2D eigenvalue weighted by molar-refractivity contribution is -0.138. The van der Waals surface area contributed by atoms with Crippen LogP contribution in [0.4, 0.5) is 0 Å². The average molecular weight is 469 g/mol. The average Bonchev–Trinajstić information content (AvgIpc) is 2.88. The SMILES string of the molecule is COc1cc2c(cc1OC)CN(C(=O)CCC(=O)N1CCc3cc(OC)c(OC)cc3C1)CC2. The van der Waals surface area contributed by atoms with E-state index < -0.39 is 0 Å². The molecule has 8 nitrogen and oxygen atoms in total. The second kappa shape index (κ2) is 10.2. The molecule has 0 bridgehead atoms. The second-order valence-electron chi connectivity index (χ2n) is 8.58. The summed E-state index contributed by atoms with van der Waals surface area (Å²) in [5, 5.41) is 0. The van der Waals surface area contributed by atoms with E-state index in [0.29, 0.717) is 49.2 Å². The molecule has 2 aliphatic heterocycles. The highest BCUT2D eigenvalue weighted by atomic mass is 16.5. The Morgan fingerprint density at radius 3 is 1.26 bits per heavy atom. The number of nitrogens with zero attached hydrogens (tertiary/aromatic N) is 2. The van der Waals surface area contributed by atoms with Crippen molar-refractivity contribution in [2.75, 3.05) is 41.5 Å². The summed E-state index contributed by atoms with van der Waals surface area (Å²) in [4.78, 5) is 29.4. The third-order valence-electron chi connectivity index (χ3n) is 6.69. The van der Waals surface area contributed by atoms with Crippen molar-refractivity contribution in [2.45, 2.75) is 38.8 Å². The van der Waals surface area contributed by atoms with Crippen molar-refractivity contribution in [1.29, 1.82) is 0 Å². The van der Waals surface area contributed by atoms with E-state index in [2.05, 4.69) is 0 Å². The number of carbonyl (C=O) groups excluding carboxylic acids is 2. The summed E-state index contributed by atoms with van der Waals surface area (Å²) in [6.45, 7) is 2.30. The first-order chi connectivity index (χ1) is 16.5. The highest BCUT2D eigenvalue weighted by molar-refractivity contribution is 5.84. The molecule has 0 saturated carbocycles. The molecule has 0 N–H and O–H groups in total. The summed E-state index contributed by atoms with van der Waals surface area (Å²) in [5.41, 5.74) is 4.44. The van der Waals surface area contributed by atoms with Crippen molar-refractivity contribution in [3.05, 3.63) is 46.5 Å². The van der Waals surface area contributed by atoms with Gasteiger partial charge in [-0.3, -0.25) is 9.59 Å². The fraction of sp³-hybridized carbons (Fsp3) is 0.462. The van der Waals surface area contributed by atoms with Crippen LogP contribution in [0.5, 0.6) is 23.0 Å². The highest BCUT2D eigenvalue weighted by Crippen LogP contribution is 2.34. The Morgan fingerprint density at radius 2 is 0.941 bits per heavy atom. The summed E-state index contributed by atoms with van der Waals surface area (Å²) < 4.78 is 21.6. The molecule has 0 saturated heterocycles. The molecule has 0 fully saturated rings. The highest BCUT2D eigenvalue weighted by Gasteiger charge is 2.26. The van der Waals surface area contributed by atoms with E-state index in [1.54, 1.807) is 28.4 Å². The summed E-state index contributed by atoms with van der Waals surface area (Å²) in [7, 11) is 6.45. The van der Waals surface area contributed by atoms with Gasteiger partial charge in [-0.25, -0.2) is 0 Å². The zero-order valence-electron chi connectivity index (χ0n) is 20.3. The molecule has 2 aliphatic rings. The van der Waals surface area contributed by atoms with Gasteiger partial charge in [0.2, 0.25) is 11.8 Å². The van der Waals surface area contributed by atoms with Crippen LogP contribution in [-0.2, 0) is 35.5 Å². The fourth-order valence-corrected chi connectivity index (χ4v) is 4.72. The first kappa shape index (κ1) is 23.7. The first-order valence-electron chi connectivity index (χ1n) is 11.5. The van der Waals surface area contributed by atoms with E-state index in [9.17, 15) is 9.59 Å². The Hall–Kier alpha value is -3.42. The van der Waals surface area contributed by atoms with Gasteiger partial charge in [0.1, 0.15) is 0 Å². The molecule has 0 radical (unpaired) electrons. The minimum atomic E-state index is -0.00222. The van der Waals surface area contributed by atoms with Crippen molar-refractivity contribution >= 4 is 11.8 Å². The summed E-state index contributed by atoms with van der Waals surface area (Å²) in [5.74, 6) is 2.71. The summed E-state index contributed by atoms with van der Waals surface area (Å²) in [6.07, 6.45) is 1.92. The molecule has 8 heteroatoms. The quantitative estimate of drug-likeness (QED) is 0.622. The second-order valence-corrected chi connectivity index (χ2v) is 8.58. The first-order valence-corrected chi connectivity index (χ1v) is 11.5. The van der Waals surface area contributed by atoms with Gasteiger partial charge in [-0.15, -0.1) is 0 Å². The van der Waals surface area contributed by atoms with Crippen LogP contribution in [0.2, 0.25) is 0 Å². The van der Waals surface area contributed by atoms with Crippen LogP contribution in [0.3, 0.4) is 0 Å². The van der Waals surface area contributed by atoms with Crippen LogP contribution in [0, 0.1) is 0 Å². The lowest BCUT2D eigenvalue weighted by Gasteiger charge is -2.31. The smallest absolute Gasteiger partial charge is 0.223 e. The number of hydrogen-bond donors (Lipinski definition) is 0. The molecule has 2 amide bonds. The molecule has 2 heterocycles. The molecule has 4 rings (SSSR count). The molecule has 0 unspecified atom stereocenters. The third-order valence-corrected chi connectivity index (χ3v) is 6.69. The maximum Gasteiger partial charge on any atom is 0.223 e. The van der Waals surface area contributed by atoms with Crippen LogP contribution in [-0.4, -0.2) is 63.1 Å². The zero-order chi connectivity index (χ0) is 24.2. The number of carbonyl (C=O) groups is 2. The van der Waals surface area contributed by atoms with Crippen LogP contribution in [0.1, 0.15) is 35.1 Å². The Kier molecular flexibility index (Phi) is 7.14. The van der Waals surface area contributed by atoms with Crippen LogP contribution < -0.4 is 18.9 Å². The van der Waals surface area contributed by atoms with E-state index >= 15 is 0 Å². The van der Waals surface area contributed by atoms with Gasteiger partial charge in [-0.2, -0.15) is 0 Å². The van der Waals surface area contributed by atoms with Crippen LogP contribution in [0.15, 0.2) is 24.3 Å². The summed E-state index contributed by atoms with van der Waals surface area (Å²) >= 11 is 0. The van der Waals surface area contributed by atoms with Crippen LogP contribution >= 0.6 is 0 Å². The number of hydrogen-bond acceptors (Lipinski definition) is 6. The predicted molar refractivity (Wildman–Crippen MR) is 127 cm³/mol. The number of ether oxygens (including phenoxy) is 4. The Bertz CT molecular complexity index is 998. The van der Waals surface area contributed by atoms with E-state index in [4.69, 9.17) is 18.9 Å². The molecular formula is C26H32N2O6. The van der Waals surface area contributed by atoms with Gasteiger partial charge in [0.15, 0.2) is 23.0 Å². The topological polar surface area (TPSA) is 77.5 Å². The van der Waals surface area contributed by atoms with Gasteiger partial charge < -0.3 is 28.7 Å². The lowest BCUT2D eigenvalue weighted by atomic mass is 9.98. The van der Waals surface area contributed by atoms with Crippen LogP contribution in [0.25, 0.3) is 0 Å². The normalized spacial score (nSPS) is 14.7. The van der Waals surface area contributed by atoms with E-state index in [1.165, 1.54) is 0 Å². The third kappa shape index (κ3) is 4.76. The van der Waals surface area contributed by atoms with Gasteiger partial charge >= 0.3 is 0 Å². The van der Waals surface area contributed by atoms with Crippen molar-refractivity contribution in [1.82, 2.24) is 9.80 Å². The largest absolute Gasteiger partial charge is 0.493 e.